The molecule has 1 N–H and O–H groups in total. The zero-order chi connectivity index (χ0) is 17.6. The second-order valence-corrected chi connectivity index (χ2v) is 6.26. The molecule has 130 valence electrons. The molecule has 1 aliphatic heterocycles. The predicted octanol–water partition coefficient (Wildman–Crippen LogP) is 2.02. The van der Waals surface area contributed by atoms with Crippen LogP contribution in [0.25, 0.3) is 11.3 Å². The largest absolute Gasteiger partial charge is 0.350 e. The normalized spacial score (nSPS) is 15.0. The number of benzene rings is 1. The molecule has 2 heterocycles. The number of nitrogens with one attached hydrogen (secondary N) is 1. The van der Waals surface area contributed by atoms with Crippen LogP contribution in [0.5, 0.6) is 0 Å². The molecular weight excluding hydrogens is 316 g/mol. The molecule has 1 aromatic heterocycles. The maximum absolute atomic E-state index is 12.3. The molecule has 2 aromatic rings. The maximum Gasteiger partial charge on any atom is 0.223 e. The van der Waals surface area contributed by atoms with Crippen LogP contribution in [0.4, 0.5) is 0 Å². The molecule has 1 aromatic carbocycles. The summed E-state index contributed by atoms with van der Waals surface area (Å²) in [6.45, 7) is 3.26. The summed E-state index contributed by atoms with van der Waals surface area (Å²) in [6, 6.07) is 11.8. The highest BCUT2D eigenvalue weighted by Gasteiger charge is 2.25. The van der Waals surface area contributed by atoms with Gasteiger partial charge in [-0.15, -0.1) is 0 Å². The lowest BCUT2D eigenvalue weighted by atomic mass is 9.96. The van der Waals surface area contributed by atoms with Crippen LogP contribution in [0.2, 0.25) is 0 Å². The minimum Gasteiger partial charge on any atom is -0.350 e. The van der Waals surface area contributed by atoms with E-state index in [1.165, 1.54) is 6.33 Å². The van der Waals surface area contributed by atoms with Gasteiger partial charge in [0.05, 0.1) is 17.9 Å². The van der Waals surface area contributed by atoms with E-state index in [9.17, 15) is 9.59 Å². The Hall–Kier alpha value is -2.76. The van der Waals surface area contributed by atoms with Crippen LogP contribution < -0.4 is 5.32 Å². The number of carbonyl (C=O) groups excluding carboxylic acids is 2. The van der Waals surface area contributed by atoms with E-state index in [0.29, 0.717) is 32.5 Å². The van der Waals surface area contributed by atoms with Gasteiger partial charge in [-0.1, -0.05) is 30.3 Å². The van der Waals surface area contributed by atoms with Gasteiger partial charge in [-0.3, -0.25) is 9.59 Å². The van der Waals surface area contributed by atoms with Gasteiger partial charge >= 0.3 is 0 Å². The molecule has 0 spiro atoms. The third-order valence-electron chi connectivity index (χ3n) is 4.55. The molecular formula is C19H22N4O2. The molecule has 1 fully saturated rings. The van der Waals surface area contributed by atoms with Crippen molar-refractivity contribution in [2.75, 3.05) is 13.1 Å². The Bertz CT molecular complexity index is 740. The van der Waals surface area contributed by atoms with E-state index in [1.54, 1.807) is 11.8 Å². The van der Waals surface area contributed by atoms with E-state index in [2.05, 4.69) is 15.3 Å². The molecule has 2 amide bonds. The molecule has 3 rings (SSSR count). The lowest BCUT2D eigenvalue weighted by Gasteiger charge is -2.30. The Morgan fingerprint density at radius 1 is 1.16 bits per heavy atom. The van der Waals surface area contributed by atoms with Crippen molar-refractivity contribution in [3.05, 3.63) is 48.4 Å². The fourth-order valence-electron chi connectivity index (χ4n) is 3.04. The van der Waals surface area contributed by atoms with E-state index in [-0.39, 0.29) is 17.7 Å². The Morgan fingerprint density at radius 3 is 2.56 bits per heavy atom. The summed E-state index contributed by atoms with van der Waals surface area (Å²) in [5.74, 6) is 0.0717. The lowest BCUT2D eigenvalue weighted by Crippen LogP contribution is -2.42. The van der Waals surface area contributed by atoms with Crippen molar-refractivity contribution >= 4 is 11.8 Å². The van der Waals surface area contributed by atoms with Gasteiger partial charge in [0.25, 0.3) is 0 Å². The Kier molecular flexibility index (Phi) is 5.38. The first-order valence-corrected chi connectivity index (χ1v) is 8.53. The average molecular weight is 338 g/mol. The highest BCUT2D eigenvalue weighted by atomic mass is 16.2. The van der Waals surface area contributed by atoms with Crippen molar-refractivity contribution in [1.29, 1.82) is 0 Å². The monoisotopic (exact) mass is 338 g/mol. The van der Waals surface area contributed by atoms with Crippen LogP contribution in [-0.2, 0) is 16.1 Å². The first-order valence-electron chi connectivity index (χ1n) is 8.53. The molecule has 0 bridgehead atoms. The number of amides is 2. The van der Waals surface area contributed by atoms with Gasteiger partial charge < -0.3 is 10.2 Å². The standard InChI is InChI=1S/C19H22N4O2/c1-14(24)23-9-7-16(8-10-23)19(25)20-12-17-11-18(22-13-21-17)15-5-3-2-4-6-15/h2-6,11,13,16H,7-10,12H2,1H3,(H,20,25). The summed E-state index contributed by atoms with van der Waals surface area (Å²) in [6.07, 6.45) is 2.95. The van der Waals surface area contributed by atoms with Gasteiger partial charge in [-0.2, -0.15) is 0 Å². The first kappa shape index (κ1) is 17.1. The topological polar surface area (TPSA) is 75.2 Å². The number of likely N-dealkylation sites (tertiary alicyclic amines) is 1. The van der Waals surface area contributed by atoms with Crippen LogP contribution >= 0.6 is 0 Å². The third-order valence-corrected chi connectivity index (χ3v) is 4.55. The number of rotatable bonds is 4. The summed E-state index contributed by atoms with van der Waals surface area (Å²) >= 11 is 0. The maximum atomic E-state index is 12.3. The molecule has 6 nitrogen and oxygen atoms in total. The molecule has 0 saturated carbocycles. The Morgan fingerprint density at radius 2 is 1.88 bits per heavy atom. The van der Waals surface area contributed by atoms with Crippen LogP contribution in [0.15, 0.2) is 42.7 Å². The van der Waals surface area contributed by atoms with E-state index < -0.39 is 0 Å². The number of carbonyl (C=O) groups is 2. The Balaban J connectivity index is 1.55. The Labute approximate surface area is 147 Å². The van der Waals surface area contributed by atoms with Crippen molar-refractivity contribution in [2.24, 2.45) is 5.92 Å². The van der Waals surface area contributed by atoms with Crippen LogP contribution in [0.1, 0.15) is 25.5 Å². The van der Waals surface area contributed by atoms with Crippen molar-refractivity contribution in [2.45, 2.75) is 26.3 Å². The molecule has 1 aliphatic rings. The van der Waals surface area contributed by atoms with Gasteiger partial charge in [0.2, 0.25) is 11.8 Å². The van der Waals surface area contributed by atoms with Crippen molar-refractivity contribution < 1.29 is 9.59 Å². The van der Waals surface area contributed by atoms with Crippen LogP contribution in [0, 0.1) is 5.92 Å². The van der Waals surface area contributed by atoms with E-state index >= 15 is 0 Å². The second-order valence-electron chi connectivity index (χ2n) is 6.26. The summed E-state index contributed by atoms with van der Waals surface area (Å²) in [4.78, 5) is 34.0. The van der Waals surface area contributed by atoms with E-state index in [4.69, 9.17) is 0 Å². The minimum absolute atomic E-state index is 0.0306. The molecule has 0 atom stereocenters. The number of aromatic nitrogens is 2. The van der Waals surface area contributed by atoms with Gasteiger partial charge in [0.15, 0.2) is 0 Å². The number of nitrogens with zero attached hydrogens (tertiary/aromatic N) is 3. The van der Waals surface area contributed by atoms with Crippen LogP contribution in [-0.4, -0.2) is 39.8 Å². The minimum atomic E-state index is -0.0361. The highest BCUT2D eigenvalue weighted by Crippen LogP contribution is 2.18. The fraction of sp³-hybridized carbons (Fsp3) is 0.368. The van der Waals surface area contributed by atoms with Gasteiger partial charge in [-0.05, 0) is 18.9 Å². The SMILES string of the molecule is CC(=O)N1CCC(C(=O)NCc2cc(-c3ccccc3)ncn2)CC1. The summed E-state index contributed by atoms with van der Waals surface area (Å²) < 4.78 is 0. The summed E-state index contributed by atoms with van der Waals surface area (Å²) in [5, 5.41) is 2.96. The lowest BCUT2D eigenvalue weighted by molar-refractivity contribution is -0.134. The van der Waals surface area contributed by atoms with Gasteiger partial charge in [0, 0.05) is 31.5 Å². The smallest absolute Gasteiger partial charge is 0.223 e. The van der Waals surface area contributed by atoms with Crippen LogP contribution in [0.3, 0.4) is 0 Å². The fourth-order valence-corrected chi connectivity index (χ4v) is 3.04. The van der Waals surface area contributed by atoms with E-state index in [0.717, 1.165) is 17.0 Å². The van der Waals surface area contributed by atoms with Crippen molar-refractivity contribution in [3.63, 3.8) is 0 Å². The molecule has 0 unspecified atom stereocenters. The number of hydrogen-bond donors (Lipinski definition) is 1. The third kappa shape index (κ3) is 4.41. The van der Waals surface area contributed by atoms with Crippen molar-refractivity contribution in [1.82, 2.24) is 20.2 Å². The zero-order valence-electron chi connectivity index (χ0n) is 14.3. The van der Waals surface area contributed by atoms with E-state index in [1.807, 2.05) is 36.4 Å². The predicted molar refractivity (Wildman–Crippen MR) is 94.3 cm³/mol. The average Bonchev–Trinajstić information content (AvgIpc) is 2.67. The van der Waals surface area contributed by atoms with Crippen molar-refractivity contribution in [3.8, 4) is 11.3 Å². The zero-order valence-corrected chi connectivity index (χ0v) is 14.3. The number of piperidine rings is 1. The molecule has 25 heavy (non-hydrogen) atoms. The quantitative estimate of drug-likeness (QED) is 0.925. The second kappa shape index (κ2) is 7.88. The summed E-state index contributed by atoms with van der Waals surface area (Å²) in [7, 11) is 0. The van der Waals surface area contributed by atoms with Gasteiger partial charge in [0.1, 0.15) is 6.33 Å². The summed E-state index contributed by atoms with van der Waals surface area (Å²) in [5.41, 5.74) is 2.65. The molecule has 0 aliphatic carbocycles. The molecule has 0 radical (unpaired) electrons. The molecule has 6 heteroatoms. The van der Waals surface area contributed by atoms with Gasteiger partial charge in [-0.25, -0.2) is 9.97 Å². The first-order chi connectivity index (χ1) is 12.1. The molecule has 1 saturated heterocycles. The number of hydrogen-bond acceptors (Lipinski definition) is 4. The highest BCUT2D eigenvalue weighted by molar-refractivity contribution is 5.79.